The fourth-order valence-electron chi connectivity index (χ4n) is 1.94. The summed E-state index contributed by atoms with van der Waals surface area (Å²) >= 11 is 0. The fraction of sp³-hybridized carbons (Fsp3) is 0.500. The molecule has 1 aliphatic rings. The second-order valence-corrected chi connectivity index (χ2v) is 6.67. The molecule has 2 atom stereocenters. The standard InChI is InChI=1S/C12H19N3O2S/c1-8-5-9(8)7-15-11-4-3-10(13)6-12(11)18(16,17)14-2/h3-4,6,8-9,14-15H,5,7,13H2,1-2H3. The molecule has 5 nitrogen and oxygen atoms in total. The number of hydrogen-bond acceptors (Lipinski definition) is 4. The van der Waals surface area contributed by atoms with E-state index in [1.165, 1.54) is 19.5 Å². The molecule has 18 heavy (non-hydrogen) atoms. The smallest absolute Gasteiger partial charge is 0.242 e. The van der Waals surface area contributed by atoms with Crippen molar-refractivity contribution in [3.05, 3.63) is 18.2 Å². The lowest BCUT2D eigenvalue weighted by molar-refractivity contribution is 0.588. The van der Waals surface area contributed by atoms with Gasteiger partial charge in [0, 0.05) is 12.2 Å². The van der Waals surface area contributed by atoms with Crippen LogP contribution in [0, 0.1) is 11.8 Å². The third-order valence-corrected chi connectivity index (χ3v) is 4.85. The van der Waals surface area contributed by atoms with E-state index in [0.717, 1.165) is 12.5 Å². The summed E-state index contributed by atoms with van der Waals surface area (Å²) in [6.45, 7) is 3.00. The van der Waals surface area contributed by atoms with Crippen LogP contribution in [0.1, 0.15) is 13.3 Å². The highest BCUT2D eigenvalue weighted by molar-refractivity contribution is 7.89. The van der Waals surface area contributed by atoms with Gasteiger partial charge in [-0.2, -0.15) is 0 Å². The lowest BCUT2D eigenvalue weighted by atomic mass is 10.2. The number of anilines is 2. The minimum absolute atomic E-state index is 0.207. The molecule has 2 unspecified atom stereocenters. The number of rotatable bonds is 5. The molecule has 1 aromatic carbocycles. The van der Waals surface area contributed by atoms with Gasteiger partial charge in [-0.15, -0.1) is 0 Å². The highest BCUT2D eigenvalue weighted by Crippen LogP contribution is 2.38. The Morgan fingerprint density at radius 2 is 2.11 bits per heavy atom. The van der Waals surface area contributed by atoms with Crippen LogP contribution in [0.15, 0.2) is 23.1 Å². The molecule has 100 valence electrons. The minimum Gasteiger partial charge on any atom is -0.399 e. The Morgan fingerprint density at radius 3 is 2.67 bits per heavy atom. The Labute approximate surface area is 108 Å². The van der Waals surface area contributed by atoms with Crippen molar-refractivity contribution < 1.29 is 8.42 Å². The van der Waals surface area contributed by atoms with Crippen LogP contribution in [-0.4, -0.2) is 22.0 Å². The van der Waals surface area contributed by atoms with Gasteiger partial charge in [-0.05, 0) is 43.5 Å². The molecule has 0 spiro atoms. The molecule has 1 saturated carbocycles. The van der Waals surface area contributed by atoms with Crippen molar-refractivity contribution in [2.45, 2.75) is 18.2 Å². The van der Waals surface area contributed by atoms with Crippen molar-refractivity contribution in [1.29, 1.82) is 0 Å². The van der Waals surface area contributed by atoms with Crippen LogP contribution < -0.4 is 15.8 Å². The first-order chi connectivity index (χ1) is 8.44. The predicted octanol–water partition coefficient (Wildman–Crippen LogP) is 1.24. The average Bonchev–Trinajstić information content (AvgIpc) is 3.04. The summed E-state index contributed by atoms with van der Waals surface area (Å²) in [5.74, 6) is 1.38. The molecule has 0 amide bonds. The van der Waals surface area contributed by atoms with E-state index in [2.05, 4.69) is 17.0 Å². The molecular formula is C12H19N3O2S. The number of nitrogen functional groups attached to an aromatic ring is 1. The topological polar surface area (TPSA) is 84.2 Å². The quantitative estimate of drug-likeness (QED) is 0.702. The molecule has 0 aliphatic heterocycles. The molecule has 0 bridgehead atoms. The van der Waals surface area contributed by atoms with Crippen molar-refractivity contribution in [1.82, 2.24) is 4.72 Å². The SMILES string of the molecule is CNS(=O)(=O)c1cc(N)ccc1NCC1CC1C. The summed E-state index contributed by atoms with van der Waals surface area (Å²) in [7, 11) is -2.09. The zero-order valence-corrected chi connectivity index (χ0v) is 11.4. The number of hydrogen-bond donors (Lipinski definition) is 3. The fourth-order valence-corrected chi connectivity index (χ4v) is 2.88. The molecule has 0 heterocycles. The van der Waals surface area contributed by atoms with Crippen molar-refractivity contribution in [3.63, 3.8) is 0 Å². The van der Waals surface area contributed by atoms with Crippen LogP contribution >= 0.6 is 0 Å². The molecule has 1 aliphatic carbocycles. The maximum atomic E-state index is 11.9. The highest BCUT2D eigenvalue weighted by Gasteiger charge is 2.32. The lowest BCUT2D eigenvalue weighted by Gasteiger charge is -2.12. The monoisotopic (exact) mass is 269 g/mol. The third-order valence-electron chi connectivity index (χ3n) is 3.39. The Kier molecular flexibility index (Phi) is 3.49. The molecule has 2 rings (SSSR count). The number of sulfonamides is 1. The van der Waals surface area contributed by atoms with Gasteiger partial charge in [0.1, 0.15) is 4.90 Å². The average molecular weight is 269 g/mol. The molecule has 1 aromatic rings. The van der Waals surface area contributed by atoms with Gasteiger partial charge in [0.05, 0.1) is 5.69 Å². The number of benzene rings is 1. The van der Waals surface area contributed by atoms with Crippen molar-refractivity contribution in [2.75, 3.05) is 24.6 Å². The predicted molar refractivity (Wildman–Crippen MR) is 72.9 cm³/mol. The Hall–Kier alpha value is -1.27. The van der Waals surface area contributed by atoms with E-state index < -0.39 is 10.0 Å². The lowest BCUT2D eigenvalue weighted by Crippen LogP contribution is -2.21. The van der Waals surface area contributed by atoms with Gasteiger partial charge >= 0.3 is 0 Å². The van der Waals surface area contributed by atoms with E-state index in [9.17, 15) is 8.42 Å². The minimum atomic E-state index is -3.48. The summed E-state index contributed by atoms with van der Waals surface area (Å²) in [5.41, 5.74) is 6.70. The van der Waals surface area contributed by atoms with Gasteiger partial charge in [-0.1, -0.05) is 6.92 Å². The van der Waals surface area contributed by atoms with Gasteiger partial charge < -0.3 is 11.1 Å². The molecular weight excluding hydrogens is 250 g/mol. The van der Waals surface area contributed by atoms with E-state index in [0.29, 0.717) is 17.3 Å². The summed E-state index contributed by atoms with van der Waals surface area (Å²) in [5, 5.41) is 3.20. The summed E-state index contributed by atoms with van der Waals surface area (Å²) in [6.07, 6.45) is 1.20. The Balaban J connectivity index is 2.23. The second-order valence-electron chi connectivity index (χ2n) is 4.82. The molecule has 1 fully saturated rings. The van der Waals surface area contributed by atoms with Crippen LogP contribution in [0.25, 0.3) is 0 Å². The largest absolute Gasteiger partial charge is 0.399 e. The van der Waals surface area contributed by atoms with Crippen LogP contribution in [0.4, 0.5) is 11.4 Å². The summed E-state index contributed by atoms with van der Waals surface area (Å²) in [4.78, 5) is 0.207. The van der Waals surface area contributed by atoms with E-state index in [-0.39, 0.29) is 4.90 Å². The zero-order chi connectivity index (χ0) is 13.3. The first kappa shape index (κ1) is 13.2. The van der Waals surface area contributed by atoms with Crippen LogP contribution in [0.2, 0.25) is 0 Å². The molecule has 4 N–H and O–H groups in total. The zero-order valence-electron chi connectivity index (χ0n) is 10.6. The van der Waals surface area contributed by atoms with E-state index in [1.807, 2.05) is 0 Å². The van der Waals surface area contributed by atoms with Crippen LogP contribution in [0.3, 0.4) is 0 Å². The molecule has 0 saturated heterocycles. The summed E-state index contributed by atoms with van der Waals surface area (Å²) in [6, 6.07) is 4.89. The summed E-state index contributed by atoms with van der Waals surface area (Å²) < 4.78 is 26.1. The Bertz CT molecular complexity index is 542. The third kappa shape index (κ3) is 2.76. The maximum Gasteiger partial charge on any atom is 0.242 e. The van der Waals surface area contributed by atoms with Crippen LogP contribution in [0.5, 0.6) is 0 Å². The van der Waals surface area contributed by atoms with Crippen LogP contribution in [-0.2, 0) is 10.0 Å². The van der Waals surface area contributed by atoms with Gasteiger partial charge in [-0.25, -0.2) is 13.1 Å². The highest BCUT2D eigenvalue weighted by atomic mass is 32.2. The molecule has 0 radical (unpaired) electrons. The van der Waals surface area contributed by atoms with Crippen molar-refractivity contribution in [3.8, 4) is 0 Å². The number of nitrogens with two attached hydrogens (primary N) is 1. The van der Waals surface area contributed by atoms with Gasteiger partial charge in [-0.3, -0.25) is 0 Å². The second kappa shape index (κ2) is 4.78. The van der Waals surface area contributed by atoms with Gasteiger partial charge in [0.25, 0.3) is 0 Å². The van der Waals surface area contributed by atoms with E-state index in [4.69, 9.17) is 5.73 Å². The first-order valence-corrected chi connectivity index (χ1v) is 7.49. The first-order valence-electron chi connectivity index (χ1n) is 6.01. The Morgan fingerprint density at radius 1 is 1.44 bits per heavy atom. The van der Waals surface area contributed by atoms with Gasteiger partial charge in [0.2, 0.25) is 10.0 Å². The van der Waals surface area contributed by atoms with Gasteiger partial charge in [0.15, 0.2) is 0 Å². The molecule has 6 heteroatoms. The van der Waals surface area contributed by atoms with Crippen molar-refractivity contribution >= 4 is 21.4 Å². The normalized spacial score (nSPS) is 22.8. The molecule has 0 aromatic heterocycles. The van der Waals surface area contributed by atoms with E-state index >= 15 is 0 Å². The van der Waals surface area contributed by atoms with Crippen molar-refractivity contribution in [2.24, 2.45) is 11.8 Å². The number of nitrogens with one attached hydrogen (secondary N) is 2. The maximum absolute atomic E-state index is 11.9. The van der Waals surface area contributed by atoms with E-state index in [1.54, 1.807) is 12.1 Å².